The van der Waals surface area contributed by atoms with Crippen molar-refractivity contribution in [1.82, 2.24) is 0 Å². The molecule has 1 rings (SSSR count). The van der Waals surface area contributed by atoms with Gasteiger partial charge in [-0.05, 0) is 31.5 Å². The van der Waals surface area contributed by atoms with Crippen molar-refractivity contribution in [3.8, 4) is 5.75 Å². The Morgan fingerprint density at radius 3 is 2.27 bits per heavy atom. The Labute approximate surface area is 91.2 Å². The molecule has 0 amide bonds. The third-order valence-corrected chi connectivity index (χ3v) is 2.27. The smallest absolute Gasteiger partial charge is 0.118 e. The lowest BCUT2D eigenvalue weighted by atomic mass is 10.0. The molecule has 0 aliphatic carbocycles. The molecule has 2 unspecified atom stereocenters. The van der Waals surface area contributed by atoms with Crippen LogP contribution in [0.4, 0.5) is 0 Å². The molecule has 84 valence electrons. The summed E-state index contributed by atoms with van der Waals surface area (Å²) in [7, 11) is 1.65. The molecular weight excluding hydrogens is 190 g/mol. The van der Waals surface area contributed by atoms with Crippen LogP contribution in [0.1, 0.15) is 25.5 Å². The summed E-state index contributed by atoms with van der Waals surface area (Å²) in [6, 6.07) is 7.80. The van der Waals surface area contributed by atoms with E-state index in [4.69, 9.17) is 15.2 Å². The first-order chi connectivity index (χ1) is 7.19. The van der Waals surface area contributed by atoms with Crippen molar-refractivity contribution >= 4 is 0 Å². The zero-order chi connectivity index (χ0) is 11.3. The SMILES string of the molecule is CCOC(c1ccc(OC)cc1)C(C)N. The van der Waals surface area contributed by atoms with E-state index in [2.05, 4.69) is 0 Å². The van der Waals surface area contributed by atoms with Gasteiger partial charge in [0.1, 0.15) is 5.75 Å². The molecule has 0 bridgehead atoms. The van der Waals surface area contributed by atoms with E-state index >= 15 is 0 Å². The highest BCUT2D eigenvalue weighted by atomic mass is 16.5. The number of ether oxygens (including phenoxy) is 2. The fraction of sp³-hybridized carbons (Fsp3) is 0.500. The zero-order valence-corrected chi connectivity index (χ0v) is 9.57. The van der Waals surface area contributed by atoms with Gasteiger partial charge < -0.3 is 15.2 Å². The van der Waals surface area contributed by atoms with Gasteiger partial charge in [0, 0.05) is 12.6 Å². The van der Waals surface area contributed by atoms with Gasteiger partial charge in [-0.1, -0.05) is 12.1 Å². The lowest BCUT2D eigenvalue weighted by Gasteiger charge is -2.21. The van der Waals surface area contributed by atoms with Gasteiger partial charge in [-0.3, -0.25) is 0 Å². The summed E-state index contributed by atoms with van der Waals surface area (Å²) >= 11 is 0. The Morgan fingerprint density at radius 1 is 1.27 bits per heavy atom. The number of benzene rings is 1. The molecule has 2 N–H and O–H groups in total. The molecule has 0 saturated carbocycles. The molecule has 15 heavy (non-hydrogen) atoms. The van der Waals surface area contributed by atoms with Crippen molar-refractivity contribution in [2.24, 2.45) is 5.73 Å². The molecule has 0 aromatic heterocycles. The van der Waals surface area contributed by atoms with Gasteiger partial charge in [0.15, 0.2) is 0 Å². The first-order valence-corrected chi connectivity index (χ1v) is 5.20. The molecule has 0 aliphatic heterocycles. The lowest BCUT2D eigenvalue weighted by Crippen LogP contribution is -2.26. The van der Waals surface area contributed by atoms with Crippen LogP contribution in [-0.4, -0.2) is 19.8 Å². The van der Waals surface area contributed by atoms with E-state index in [1.54, 1.807) is 7.11 Å². The second-order valence-corrected chi connectivity index (χ2v) is 3.51. The largest absolute Gasteiger partial charge is 0.497 e. The molecule has 2 atom stereocenters. The van der Waals surface area contributed by atoms with E-state index in [1.807, 2.05) is 38.1 Å². The molecule has 0 saturated heterocycles. The Kier molecular flexibility index (Phi) is 4.59. The maximum atomic E-state index is 5.87. The van der Waals surface area contributed by atoms with Gasteiger partial charge in [-0.25, -0.2) is 0 Å². The van der Waals surface area contributed by atoms with Gasteiger partial charge in [0.05, 0.1) is 13.2 Å². The maximum Gasteiger partial charge on any atom is 0.118 e. The number of methoxy groups -OCH3 is 1. The van der Waals surface area contributed by atoms with E-state index < -0.39 is 0 Å². The van der Waals surface area contributed by atoms with E-state index in [0.29, 0.717) is 6.61 Å². The minimum atomic E-state index is -0.0408. The van der Waals surface area contributed by atoms with Crippen molar-refractivity contribution in [3.05, 3.63) is 29.8 Å². The highest BCUT2D eigenvalue weighted by molar-refractivity contribution is 5.29. The first-order valence-electron chi connectivity index (χ1n) is 5.20. The van der Waals surface area contributed by atoms with Crippen LogP contribution in [0.25, 0.3) is 0 Å². The fourth-order valence-electron chi connectivity index (χ4n) is 1.52. The highest BCUT2D eigenvalue weighted by Gasteiger charge is 2.15. The predicted octanol–water partition coefficient (Wildman–Crippen LogP) is 2.12. The van der Waals surface area contributed by atoms with Crippen LogP contribution < -0.4 is 10.5 Å². The van der Waals surface area contributed by atoms with Gasteiger partial charge >= 0.3 is 0 Å². The molecule has 1 aromatic rings. The topological polar surface area (TPSA) is 44.5 Å². The Bertz CT molecular complexity index is 282. The zero-order valence-electron chi connectivity index (χ0n) is 9.57. The third-order valence-electron chi connectivity index (χ3n) is 2.27. The van der Waals surface area contributed by atoms with Crippen LogP contribution in [-0.2, 0) is 4.74 Å². The van der Waals surface area contributed by atoms with E-state index in [1.165, 1.54) is 0 Å². The average molecular weight is 209 g/mol. The van der Waals surface area contributed by atoms with Gasteiger partial charge in [0.25, 0.3) is 0 Å². The van der Waals surface area contributed by atoms with Crippen molar-refractivity contribution < 1.29 is 9.47 Å². The summed E-state index contributed by atoms with van der Waals surface area (Å²) < 4.78 is 10.7. The lowest BCUT2D eigenvalue weighted by molar-refractivity contribution is 0.0475. The minimum absolute atomic E-state index is 0.0154. The van der Waals surface area contributed by atoms with Gasteiger partial charge in [0.2, 0.25) is 0 Å². The number of hydrogen-bond acceptors (Lipinski definition) is 3. The summed E-state index contributed by atoms with van der Waals surface area (Å²) in [5.41, 5.74) is 6.96. The van der Waals surface area contributed by atoms with Crippen LogP contribution >= 0.6 is 0 Å². The van der Waals surface area contributed by atoms with Crippen molar-refractivity contribution in [3.63, 3.8) is 0 Å². The second-order valence-electron chi connectivity index (χ2n) is 3.51. The van der Waals surface area contributed by atoms with Crippen molar-refractivity contribution in [2.45, 2.75) is 26.0 Å². The van der Waals surface area contributed by atoms with Gasteiger partial charge in [-0.2, -0.15) is 0 Å². The monoisotopic (exact) mass is 209 g/mol. The normalized spacial score (nSPS) is 14.7. The van der Waals surface area contributed by atoms with E-state index in [-0.39, 0.29) is 12.1 Å². The second kappa shape index (κ2) is 5.73. The highest BCUT2D eigenvalue weighted by Crippen LogP contribution is 2.22. The predicted molar refractivity (Wildman–Crippen MR) is 61.0 cm³/mol. The third kappa shape index (κ3) is 3.22. The Hall–Kier alpha value is -1.06. The summed E-state index contributed by atoms with van der Waals surface area (Å²) in [6.07, 6.45) is -0.0408. The molecule has 1 aromatic carbocycles. The Morgan fingerprint density at radius 2 is 1.87 bits per heavy atom. The average Bonchev–Trinajstić information content (AvgIpc) is 2.26. The number of nitrogens with two attached hydrogens (primary N) is 1. The number of rotatable bonds is 5. The minimum Gasteiger partial charge on any atom is -0.497 e. The fourth-order valence-corrected chi connectivity index (χ4v) is 1.52. The summed E-state index contributed by atoms with van der Waals surface area (Å²) in [5, 5.41) is 0. The van der Waals surface area contributed by atoms with Crippen LogP contribution in [0.5, 0.6) is 5.75 Å². The van der Waals surface area contributed by atoms with Crippen LogP contribution in [0.2, 0.25) is 0 Å². The van der Waals surface area contributed by atoms with Crippen molar-refractivity contribution in [2.75, 3.05) is 13.7 Å². The maximum absolute atomic E-state index is 5.87. The molecule has 0 radical (unpaired) electrons. The summed E-state index contributed by atoms with van der Waals surface area (Å²) in [4.78, 5) is 0. The van der Waals surface area contributed by atoms with Crippen LogP contribution in [0.3, 0.4) is 0 Å². The van der Waals surface area contributed by atoms with Crippen LogP contribution in [0.15, 0.2) is 24.3 Å². The van der Waals surface area contributed by atoms with Gasteiger partial charge in [-0.15, -0.1) is 0 Å². The molecule has 3 heteroatoms. The van der Waals surface area contributed by atoms with Crippen molar-refractivity contribution in [1.29, 1.82) is 0 Å². The molecule has 3 nitrogen and oxygen atoms in total. The standard InChI is InChI=1S/C12H19NO2/c1-4-15-12(9(2)13)10-5-7-11(14-3)8-6-10/h5-9,12H,4,13H2,1-3H3. The Balaban J connectivity index is 2.81. The van der Waals surface area contributed by atoms with E-state index in [0.717, 1.165) is 11.3 Å². The number of hydrogen-bond donors (Lipinski definition) is 1. The summed E-state index contributed by atoms with van der Waals surface area (Å²) in [6.45, 7) is 4.59. The van der Waals surface area contributed by atoms with E-state index in [9.17, 15) is 0 Å². The van der Waals surface area contributed by atoms with Crippen LogP contribution in [0, 0.1) is 0 Å². The molecule has 0 fully saturated rings. The quantitative estimate of drug-likeness (QED) is 0.807. The summed E-state index contributed by atoms with van der Waals surface area (Å²) in [5.74, 6) is 0.846. The molecule has 0 spiro atoms. The molecule has 0 aliphatic rings. The molecule has 0 heterocycles. The molecular formula is C12H19NO2. The first kappa shape index (κ1) is 12.0.